The Morgan fingerprint density at radius 1 is 1.14 bits per heavy atom. The molecule has 1 amide bonds. The first-order chi connectivity index (χ1) is 13.6. The summed E-state index contributed by atoms with van der Waals surface area (Å²) < 4.78 is 38.2. The van der Waals surface area contributed by atoms with Gasteiger partial charge in [-0.25, -0.2) is 13.6 Å². The number of amides is 1. The average Bonchev–Trinajstić information content (AvgIpc) is 2.68. The largest absolute Gasteiger partial charge is 0.445 e. The number of fused-ring (bicyclic) bond motifs is 2. The zero-order valence-corrected chi connectivity index (χ0v) is 15.3. The highest BCUT2D eigenvalue weighted by atomic mass is 19.1. The number of carbonyl (C=O) groups is 1. The molecule has 2 aliphatic heterocycles. The van der Waals surface area contributed by atoms with Crippen molar-refractivity contribution in [2.24, 2.45) is 0 Å². The Hall–Kier alpha value is -2.73. The van der Waals surface area contributed by atoms with Crippen molar-refractivity contribution in [2.45, 2.75) is 31.5 Å². The zero-order chi connectivity index (χ0) is 19.5. The lowest BCUT2D eigenvalue weighted by Crippen LogP contribution is -2.56. The first-order valence-corrected chi connectivity index (χ1v) is 9.30. The molecule has 2 bridgehead atoms. The van der Waals surface area contributed by atoms with Gasteiger partial charge < -0.3 is 9.47 Å². The van der Waals surface area contributed by atoms with Gasteiger partial charge in [0.05, 0.1) is 25.3 Å². The molecule has 0 aromatic heterocycles. The minimum Gasteiger partial charge on any atom is -0.445 e. The third-order valence-corrected chi connectivity index (χ3v) is 5.12. The van der Waals surface area contributed by atoms with E-state index in [0.29, 0.717) is 31.6 Å². The van der Waals surface area contributed by atoms with E-state index in [1.54, 1.807) is 4.90 Å². The predicted octanol–water partition coefficient (Wildman–Crippen LogP) is 4.24. The predicted molar refractivity (Wildman–Crippen MR) is 99.6 cm³/mol. The van der Waals surface area contributed by atoms with Gasteiger partial charge in [0.25, 0.3) is 0 Å². The first-order valence-electron chi connectivity index (χ1n) is 9.30. The number of nitrogens with zero attached hydrogens (tertiary/aromatic N) is 1. The Balaban J connectivity index is 1.45. The summed E-state index contributed by atoms with van der Waals surface area (Å²) in [5, 5.41) is 0. The summed E-state index contributed by atoms with van der Waals surface area (Å²) >= 11 is 0. The van der Waals surface area contributed by atoms with Crippen molar-refractivity contribution in [3.8, 4) is 0 Å². The van der Waals surface area contributed by atoms with E-state index < -0.39 is 11.6 Å². The molecule has 2 aliphatic rings. The molecule has 28 heavy (non-hydrogen) atoms. The molecule has 2 atom stereocenters. The van der Waals surface area contributed by atoms with Crippen LogP contribution in [0.4, 0.5) is 13.6 Å². The molecule has 4 nitrogen and oxygen atoms in total. The van der Waals surface area contributed by atoms with Crippen LogP contribution in [-0.2, 0) is 22.5 Å². The van der Waals surface area contributed by atoms with Crippen LogP contribution in [0.5, 0.6) is 0 Å². The molecular weight excluding hydrogens is 364 g/mol. The highest BCUT2D eigenvalue weighted by Crippen LogP contribution is 2.30. The summed E-state index contributed by atoms with van der Waals surface area (Å²) in [4.78, 5) is 14.4. The number of morpholine rings is 1. The van der Waals surface area contributed by atoms with E-state index >= 15 is 0 Å². The lowest BCUT2D eigenvalue weighted by Gasteiger charge is -2.43. The van der Waals surface area contributed by atoms with Gasteiger partial charge in [0.2, 0.25) is 0 Å². The highest BCUT2D eigenvalue weighted by Gasteiger charge is 2.38. The van der Waals surface area contributed by atoms with Gasteiger partial charge in [-0.05, 0) is 30.0 Å². The quantitative estimate of drug-likeness (QED) is 0.739. The van der Waals surface area contributed by atoms with Crippen LogP contribution in [0.1, 0.15) is 17.5 Å². The molecule has 1 fully saturated rings. The molecular formula is C22H21F2NO3. The molecule has 2 heterocycles. The molecule has 1 saturated heterocycles. The van der Waals surface area contributed by atoms with Crippen LogP contribution in [0.15, 0.2) is 60.2 Å². The van der Waals surface area contributed by atoms with Crippen LogP contribution in [-0.4, -0.2) is 36.3 Å². The van der Waals surface area contributed by atoms with Gasteiger partial charge in [-0.1, -0.05) is 48.0 Å². The molecule has 0 spiro atoms. The summed E-state index contributed by atoms with van der Waals surface area (Å²) in [5.41, 5.74) is 2.40. The summed E-state index contributed by atoms with van der Waals surface area (Å²) in [6.07, 6.45) is 2.55. The Morgan fingerprint density at radius 2 is 1.96 bits per heavy atom. The SMILES string of the molecule is O=C(OCc1ccccc1)N1C2C=C(Cc3ccc(F)cc3F)CC1COC2. The molecule has 2 unspecified atom stereocenters. The van der Waals surface area contributed by atoms with Gasteiger partial charge in [0.1, 0.15) is 18.2 Å². The topological polar surface area (TPSA) is 38.8 Å². The van der Waals surface area contributed by atoms with Crippen molar-refractivity contribution in [1.82, 2.24) is 4.90 Å². The van der Waals surface area contributed by atoms with Gasteiger partial charge >= 0.3 is 6.09 Å². The summed E-state index contributed by atoms with van der Waals surface area (Å²) in [6.45, 7) is 1.01. The molecule has 4 rings (SSSR count). The minimum atomic E-state index is -0.587. The van der Waals surface area contributed by atoms with Crippen molar-refractivity contribution in [3.63, 3.8) is 0 Å². The smallest absolute Gasteiger partial charge is 0.411 e. The van der Waals surface area contributed by atoms with E-state index in [1.165, 1.54) is 12.1 Å². The second kappa shape index (κ2) is 8.10. The number of ether oxygens (including phenoxy) is 2. The highest BCUT2D eigenvalue weighted by molar-refractivity contribution is 5.69. The van der Waals surface area contributed by atoms with Crippen LogP contribution >= 0.6 is 0 Å². The molecule has 0 N–H and O–H groups in total. The van der Waals surface area contributed by atoms with E-state index in [2.05, 4.69) is 0 Å². The van der Waals surface area contributed by atoms with Crippen molar-refractivity contribution < 1.29 is 23.0 Å². The Kier molecular flexibility index (Phi) is 5.39. The molecule has 0 saturated carbocycles. The Morgan fingerprint density at radius 3 is 2.71 bits per heavy atom. The summed E-state index contributed by atoms with van der Waals surface area (Å²) in [6, 6.07) is 12.8. The molecule has 0 radical (unpaired) electrons. The van der Waals surface area contributed by atoms with E-state index in [1.807, 2.05) is 36.4 Å². The Labute approximate surface area is 162 Å². The first kappa shape index (κ1) is 18.6. The zero-order valence-electron chi connectivity index (χ0n) is 15.3. The van der Waals surface area contributed by atoms with Crippen LogP contribution in [0.3, 0.4) is 0 Å². The number of benzene rings is 2. The van der Waals surface area contributed by atoms with E-state index in [9.17, 15) is 13.6 Å². The minimum absolute atomic E-state index is 0.148. The second-order valence-corrected chi connectivity index (χ2v) is 7.15. The maximum absolute atomic E-state index is 14.0. The fraction of sp³-hybridized carbons (Fsp3) is 0.318. The summed E-state index contributed by atoms with van der Waals surface area (Å²) in [5.74, 6) is -1.14. The van der Waals surface area contributed by atoms with Gasteiger partial charge in [-0.2, -0.15) is 0 Å². The van der Waals surface area contributed by atoms with Crippen molar-refractivity contribution >= 4 is 6.09 Å². The third-order valence-electron chi connectivity index (χ3n) is 5.12. The Bertz CT molecular complexity index is 885. The third kappa shape index (κ3) is 4.07. The molecule has 6 heteroatoms. The van der Waals surface area contributed by atoms with Crippen LogP contribution in [0.2, 0.25) is 0 Å². The number of carbonyl (C=O) groups excluding carboxylic acids is 1. The maximum Gasteiger partial charge on any atom is 0.411 e. The lowest BCUT2D eigenvalue weighted by molar-refractivity contribution is -0.0374. The number of hydrogen-bond donors (Lipinski definition) is 0. The molecule has 2 aromatic rings. The second-order valence-electron chi connectivity index (χ2n) is 7.15. The average molecular weight is 385 g/mol. The maximum atomic E-state index is 14.0. The monoisotopic (exact) mass is 385 g/mol. The van der Waals surface area contributed by atoms with Gasteiger partial charge in [0.15, 0.2) is 0 Å². The fourth-order valence-electron chi connectivity index (χ4n) is 3.80. The van der Waals surface area contributed by atoms with Crippen molar-refractivity contribution in [2.75, 3.05) is 13.2 Å². The lowest BCUT2D eigenvalue weighted by atomic mass is 9.90. The van der Waals surface area contributed by atoms with Gasteiger partial charge in [-0.3, -0.25) is 4.90 Å². The van der Waals surface area contributed by atoms with Crippen LogP contribution < -0.4 is 0 Å². The van der Waals surface area contributed by atoms with Crippen molar-refractivity contribution in [1.29, 1.82) is 0 Å². The fourth-order valence-corrected chi connectivity index (χ4v) is 3.80. The summed E-state index contributed by atoms with van der Waals surface area (Å²) in [7, 11) is 0. The molecule has 0 aliphatic carbocycles. The van der Waals surface area contributed by atoms with Gasteiger partial charge in [0, 0.05) is 6.07 Å². The standard InChI is InChI=1S/C22H21F2NO3/c23-18-7-6-17(21(24)11-18)8-16-9-19-13-27-14-20(10-16)25(19)22(26)28-12-15-4-2-1-3-5-15/h1-7,9,11,19-20H,8,10,12-14H2. The van der Waals surface area contributed by atoms with Crippen LogP contribution in [0, 0.1) is 11.6 Å². The number of hydrogen-bond acceptors (Lipinski definition) is 3. The van der Waals surface area contributed by atoms with Crippen molar-refractivity contribution in [3.05, 3.63) is 82.9 Å². The van der Waals surface area contributed by atoms with Crippen LogP contribution in [0.25, 0.3) is 0 Å². The molecule has 146 valence electrons. The van der Waals surface area contributed by atoms with E-state index in [-0.39, 0.29) is 24.8 Å². The van der Waals surface area contributed by atoms with E-state index in [4.69, 9.17) is 9.47 Å². The normalized spacial score (nSPS) is 21.2. The number of halogens is 2. The number of rotatable bonds is 4. The molecule has 2 aromatic carbocycles. The van der Waals surface area contributed by atoms with E-state index in [0.717, 1.165) is 17.2 Å². The van der Waals surface area contributed by atoms with Gasteiger partial charge in [-0.15, -0.1) is 0 Å².